The van der Waals surface area contributed by atoms with Crippen LogP contribution >= 0.6 is 23.8 Å². The number of nitrogens with zero attached hydrogens (tertiary/aromatic N) is 2. The van der Waals surface area contributed by atoms with Crippen molar-refractivity contribution in [1.82, 2.24) is 15.6 Å². The summed E-state index contributed by atoms with van der Waals surface area (Å²) >= 11 is 11.1. The molecule has 1 rings (SSSR count). The molecule has 4 N–H and O–H groups in total. The highest BCUT2D eigenvalue weighted by Gasteiger charge is 2.02. The number of hydrogen-bond donors (Lipinski definition) is 3. The second-order valence-corrected chi connectivity index (χ2v) is 4.64. The molecule has 6 nitrogen and oxygen atoms in total. The number of hydrogen-bond acceptors (Lipinski definition) is 4. The molecule has 1 aromatic rings. The molecule has 0 amide bonds. The summed E-state index contributed by atoms with van der Waals surface area (Å²) in [5.74, 6) is 0.260. The fourth-order valence-corrected chi connectivity index (χ4v) is 1.78. The van der Waals surface area contributed by atoms with Crippen molar-refractivity contribution in [3.8, 4) is 0 Å². The zero-order valence-corrected chi connectivity index (χ0v) is 12.8. The van der Waals surface area contributed by atoms with Crippen molar-refractivity contribution in [2.24, 2.45) is 10.7 Å². The summed E-state index contributed by atoms with van der Waals surface area (Å²) in [6.07, 6.45) is 2.38. The van der Waals surface area contributed by atoms with Gasteiger partial charge in [-0.25, -0.2) is 0 Å². The van der Waals surface area contributed by atoms with E-state index in [0.717, 1.165) is 5.69 Å². The first kappa shape index (κ1) is 16.6. The molecule has 0 saturated carbocycles. The lowest BCUT2D eigenvalue weighted by Gasteiger charge is -2.10. The van der Waals surface area contributed by atoms with Crippen molar-refractivity contribution < 1.29 is 4.74 Å². The van der Waals surface area contributed by atoms with Crippen molar-refractivity contribution in [3.05, 3.63) is 29.0 Å². The number of pyridine rings is 1. The minimum absolute atomic E-state index is 0.260. The van der Waals surface area contributed by atoms with E-state index < -0.39 is 0 Å². The predicted molar refractivity (Wildman–Crippen MR) is 85.1 cm³/mol. The molecule has 110 valence electrons. The van der Waals surface area contributed by atoms with Gasteiger partial charge in [0.1, 0.15) is 0 Å². The number of aliphatic imine (C=N–C) groups is 1. The number of halogens is 1. The van der Waals surface area contributed by atoms with Crippen LogP contribution in [0, 0.1) is 0 Å². The zero-order chi connectivity index (χ0) is 14.8. The Labute approximate surface area is 128 Å². The van der Waals surface area contributed by atoms with E-state index in [-0.39, 0.29) is 5.96 Å². The number of nitrogens with two attached hydrogens (primary N) is 1. The SMILES string of the molecule is COCCN=C(N)NC(=S)NCCc1ncccc1Cl. The largest absolute Gasteiger partial charge is 0.383 e. The first-order valence-electron chi connectivity index (χ1n) is 6.06. The van der Waals surface area contributed by atoms with Crippen molar-refractivity contribution in [3.63, 3.8) is 0 Å². The second-order valence-electron chi connectivity index (χ2n) is 3.82. The van der Waals surface area contributed by atoms with E-state index in [1.54, 1.807) is 25.4 Å². The summed E-state index contributed by atoms with van der Waals surface area (Å²) in [5, 5.41) is 6.85. The molecule has 0 radical (unpaired) electrons. The lowest BCUT2D eigenvalue weighted by Crippen LogP contribution is -2.44. The fourth-order valence-electron chi connectivity index (χ4n) is 1.35. The molecule has 1 aromatic heterocycles. The molecule has 0 fully saturated rings. The van der Waals surface area contributed by atoms with Crippen molar-refractivity contribution in [2.45, 2.75) is 6.42 Å². The van der Waals surface area contributed by atoms with Crippen LogP contribution in [-0.4, -0.2) is 42.9 Å². The molecule has 0 spiro atoms. The quantitative estimate of drug-likeness (QED) is 0.310. The Hall–Kier alpha value is -1.44. The van der Waals surface area contributed by atoms with Crippen LogP contribution < -0.4 is 16.4 Å². The molecule has 0 aliphatic carbocycles. The highest BCUT2D eigenvalue weighted by Crippen LogP contribution is 2.11. The minimum Gasteiger partial charge on any atom is -0.383 e. The summed E-state index contributed by atoms with van der Waals surface area (Å²) in [6, 6.07) is 3.60. The third-order valence-electron chi connectivity index (χ3n) is 2.30. The van der Waals surface area contributed by atoms with Crippen LogP contribution in [0.2, 0.25) is 5.02 Å². The second kappa shape index (κ2) is 9.46. The molecule has 0 aromatic carbocycles. The minimum atomic E-state index is 0.260. The number of thiocarbonyl (C=S) groups is 1. The Kier molecular flexibility index (Phi) is 7.86. The molecular formula is C12H18ClN5OS. The Morgan fingerprint density at radius 2 is 2.40 bits per heavy atom. The third-order valence-corrected chi connectivity index (χ3v) is 2.89. The van der Waals surface area contributed by atoms with Crippen LogP contribution in [0.4, 0.5) is 0 Å². The van der Waals surface area contributed by atoms with Gasteiger partial charge in [-0.15, -0.1) is 0 Å². The number of guanidine groups is 1. The van der Waals surface area contributed by atoms with E-state index in [0.29, 0.717) is 36.3 Å². The maximum atomic E-state index is 6.01. The van der Waals surface area contributed by atoms with E-state index in [1.165, 1.54) is 0 Å². The van der Waals surface area contributed by atoms with Gasteiger partial charge in [0.25, 0.3) is 0 Å². The maximum absolute atomic E-state index is 6.01. The van der Waals surface area contributed by atoms with Crippen LogP contribution in [0.1, 0.15) is 5.69 Å². The van der Waals surface area contributed by atoms with Gasteiger partial charge in [-0.3, -0.25) is 9.98 Å². The van der Waals surface area contributed by atoms with Gasteiger partial charge in [0, 0.05) is 26.3 Å². The van der Waals surface area contributed by atoms with Crippen LogP contribution in [0.15, 0.2) is 23.3 Å². The monoisotopic (exact) mass is 315 g/mol. The third kappa shape index (κ3) is 6.65. The Morgan fingerprint density at radius 3 is 3.10 bits per heavy atom. The molecule has 0 saturated heterocycles. The van der Waals surface area contributed by atoms with E-state index >= 15 is 0 Å². The molecule has 0 aliphatic heterocycles. The average molecular weight is 316 g/mol. The molecule has 0 aliphatic rings. The number of aromatic nitrogens is 1. The highest BCUT2D eigenvalue weighted by atomic mass is 35.5. The number of rotatable bonds is 6. The first-order chi connectivity index (χ1) is 9.63. The van der Waals surface area contributed by atoms with Gasteiger partial charge >= 0.3 is 0 Å². The van der Waals surface area contributed by atoms with Crippen molar-refractivity contribution in [1.29, 1.82) is 0 Å². The molecule has 8 heteroatoms. The van der Waals surface area contributed by atoms with Gasteiger partial charge in [0.05, 0.1) is 23.9 Å². The summed E-state index contributed by atoms with van der Waals surface area (Å²) in [6.45, 7) is 1.61. The van der Waals surface area contributed by atoms with Gasteiger partial charge in [-0.2, -0.15) is 0 Å². The van der Waals surface area contributed by atoms with E-state index in [1.807, 2.05) is 0 Å². The van der Waals surface area contributed by atoms with Crippen LogP contribution in [0.5, 0.6) is 0 Å². The van der Waals surface area contributed by atoms with Crippen LogP contribution in [0.25, 0.3) is 0 Å². The van der Waals surface area contributed by atoms with Crippen LogP contribution in [0.3, 0.4) is 0 Å². The molecule has 0 unspecified atom stereocenters. The first-order valence-corrected chi connectivity index (χ1v) is 6.85. The van der Waals surface area contributed by atoms with Gasteiger partial charge in [0.15, 0.2) is 11.1 Å². The van der Waals surface area contributed by atoms with Gasteiger partial charge < -0.3 is 21.1 Å². The summed E-state index contributed by atoms with van der Waals surface area (Å²) in [4.78, 5) is 8.22. The Bertz CT molecular complexity index is 469. The van der Waals surface area contributed by atoms with Crippen LogP contribution in [-0.2, 0) is 11.2 Å². The number of ether oxygens (including phenoxy) is 1. The molecule has 0 atom stereocenters. The predicted octanol–water partition coefficient (Wildman–Crippen LogP) is 0.703. The average Bonchev–Trinajstić information content (AvgIpc) is 2.41. The molecular weight excluding hydrogens is 298 g/mol. The van der Waals surface area contributed by atoms with Gasteiger partial charge in [0.2, 0.25) is 0 Å². The standard InChI is InChI=1S/C12H18ClN5OS/c1-19-8-7-16-11(14)18-12(20)17-6-4-10-9(13)3-2-5-15-10/h2-3,5H,4,6-8H2,1H3,(H4,14,16,17,18,20). The Balaban J connectivity index is 2.27. The van der Waals surface area contributed by atoms with Gasteiger partial charge in [-0.05, 0) is 24.4 Å². The highest BCUT2D eigenvalue weighted by molar-refractivity contribution is 7.80. The lowest BCUT2D eigenvalue weighted by atomic mass is 10.3. The fraction of sp³-hybridized carbons (Fsp3) is 0.417. The topological polar surface area (TPSA) is 84.6 Å². The molecule has 20 heavy (non-hydrogen) atoms. The lowest BCUT2D eigenvalue weighted by molar-refractivity contribution is 0.208. The number of nitrogens with one attached hydrogen (secondary N) is 2. The van der Waals surface area contributed by atoms with Crippen molar-refractivity contribution in [2.75, 3.05) is 26.8 Å². The van der Waals surface area contributed by atoms with Gasteiger partial charge in [-0.1, -0.05) is 11.6 Å². The van der Waals surface area contributed by atoms with E-state index in [2.05, 4.69) is 20.6 Å². The normalized spacial score (nSPS) is 11.2. The summed E-state index contributed by atoms with van der Waals surface area (Å²) < 4.78 is 4.86. The Morgan fingerprint density at radius 1 is 1.60 bits per heavy atom. The van der Waals surface area contributed by atoms with Crippen molar-refractivity contribution >= 4 is 34.9 Å². The van der Waals surface area contributed by atoms with E-state index in [9.17, 15) is 0 Å². The van der Waals surface area contributed by atoms with E-state index in [4.69, 9.17) is 34.3 Å². The smallest absolute Gasteiger partial charge is 0.194 e. The zero-order valence-electron chi connectivity index (χ0n) is 11.2. The molecule has 1 heterocycles. The number of methoxy groups -OCH3 is 1. The molecule has 0 bridgehead atoms. The maximum Gasteiger partial charge on any atom is 0.194 e. The summed E-state index contributed by atoms with van der Waals surface area (Å²) in [5.41, 5.74) is 6.47. The summed E-state index contributed by atoms with van der Waals surface area (Å²) in [7, 11) is 1.61.